The maximum absolute atomic E-state index is 12.8. The van der Waals surface area contributed by atoms with Crippen molar-refractivity contribution in [3.63, 3.8) is 0 Å². The molecular weight excluding hydrogens is 360 g/mol. The van der Waals surface area contributed by atoms with Gasteiger partial charge in [-0.15, -0.1) is 11.3 Å². The van der Waals surface area contributed by atoms with Crippen molar-refractivity contribution in [2.75, 3.05) is 18.8 Å². The van der Waals surface area contributed by atoms with Crippen LogP contribution in [0.25, 0.3) is 0 Å². The summed E-state index contributed by atoms with van der Waals surface area (Å²) in [5.74, 6) is 0.349. The number of carbonyl (C=O) groups excluding carboxylic acids is 2. The van der Waals surface area contributed by atoms with E-state index in [1.165, 1.54) is 16.9 Å². The van der Waals surface area contributed by atoms with E-state index >= 15 is 0 Å². The van der Waals surface area contributed by atoms with Gasteiger partial charge in [-0.25, -0.2) is 4.98 Å². The summed E-state index contributed by atoms with van der Waals surface area (Å²) in [6, 6.07) is 10.2. The van der Waals surface area contributed by atoms with Gasteiger partial charge in [-0.3, -0.25) is 9.59 Å². The van der Waals surface area contributed by atoms with Crippen LogP contribution in [0.4, 0.5) is 5.13 Å². The van der Waals surface area contributed by atoms with Gasteiger partial charge in [-0.05, 0) is 24.8 Å². The number of nitrogens with two attached hydrogens (primary N) is 1. The zero-order valence-corrected chi connectivity index (χ0v) is 16.0. The van der Waals surface area contributed by atoms with Crippen LogP contribution in [0.15, 0.2) is 35.7 Å². The lowest BCUT2D eigenvalue weighted by molar-refractivity contribution is -0.128. The van der Waals surface area contributed by atoms with Gasteiger partial charge in [0.2, 0.25) is 5.91 Å². The first-order chi connectivity index (χ1) is 13.1. The van der Waals surface area contributed by atoms with E-state index in [2.05, 4.69) is 22.4 Å². The van der Waals surface area contributed by atoms with Crippen LogP contribution in [0.1, 0.15) is 47.7 Å². The summed E-state index contributed by atoms with van der Waals surface area (Å²) in [5.41, 5.74) is 7.27. The van der Waals surface area contributed by atoms with Crippen LogP contribution in [0, 0.1) is 5.92 Å². The van der Waals surface area contributed by atoms with E-state index in [4.69, 9.17) is 5.73 Å². The summed E-state index contributed by atoms with van der Waals surface area (Å²) in [4.78, 5) is 31.3. The number of nitrogens with one attached hydrogen (secondary N) is 1. The van der Waals surface area contributed by atoms with Crippen LogP contribution >= 0.6 is 11.3 Å². The summed E-state index contributed by atoms with van der Waals surface area (Å²) < 4.78 is 0. The lowest BCUT2D eigenvalue weighted by Crippen LogP contribution is -2.54. The highest BCUT2D eigenvalue weighted by molar-refractivity contribution is 7.13. The fraction of sp³-hybridized carbons (Fsp3) is 0.450. The summed E-state index contributed by atoms with van der Waals surface area (Å²) >= 11 is 1.27. The minimum absolute atomic E-state index is 0.0887. The molecule has 7 heteroatoms. The maximum Gasteiger partial charge on any atom is 0.273 e. The zero-order valence-electron chi connectivity index (χ0n) is 15.1. The Labute approximate surface area is 162 Å². The van der Waals surface area contributed by atoms with Crippen LogP contribution in [0.3, 0.4) is 0 Å². The van der Waals surface area contributed by atoms with Gasteiger partial charge in [0.05, 0.1) is 6.04 Å². The molecule has 1 aromatic carbocycles. The van der Waals surface area contributed by atoms with Gasteiger partial charge in [0.15, 0.2) is 5.13 Å². The minimum Gasteiger partial charge on any atom is -0.375 e. The number of piperidine rings is 1. The van der Waals surface area contributed by atoms with Crippen LogP contribution in [-0.2, 0) is 4.79 Å². The Kier molecular flexibility index (Phi) is 5.11. The largest absolute Gasteiger partial charge is 0.375 e. The quantitative estimate of drug-likeness (QED) is 0.848. The van der Waals surface area contributed by atoms with Crippen molar-refractivity contribution in [2.45, 2.75) is 37.6 Å². The monoisotopic (exact) mass is 384 g/mol. The van der Waals surface area contributed by atoms with E-state index in [9.17, 15) is 9.59 Å². The summed E-state index contributed by atoms with van der Waals surface area (Å²) in [5, 5.41) is 5.33. The van der Waals surface area contributed by atoms with E-state index in [0.29, 0.717) is 23.9 Å². The molecule has 2 atom stereocenters. The number of hydrogen-bond acceptors (Lipinski definition) is 5. The molecule has 4 rings (SSSR count). The first kappa shape index (κ1) is 18.0. The number of carbonyl (C=O) groups is 2. The fourth-order valence-electron chi connectivity index (χ4n) is 3.90. The predicted octanol–water partition coefficient (Wildman–Crippen LogP) is 2.64. The first-order valence-corrected chi connectivity index (χ1v) is 10.4. The fourth-order valence-corrected chi connectivity index (χ4v) is 4.44. The smallest absolute Gasteiger partial charge is 0.273 e. The molecule has 2 aromatic rings. The molecule has 2 amide bonds. The second-order valence-electron chi connectivity index (χ2n) is 7.37. The van der Waals surface area contributed by atoms with Gasteiger partial charge in [-0.2, -0.15) is 0 Å². The van der Waals surface area contributed by atoms with Crippen molar-refractivity contribution in [3.8, 4) is 0 Å². The number of amides is 2. The van der Waals surface area contributed by atoms with Gasteiger partial charge in [0, 0.05) is 30.3 Å². The third kappa shape index (κ3) is 3.83. The van der Waals surface area contributed by atoms with Gasteiger partial charge >= 0.3 is 0 Å². The number of rotatable bonds is 4. The molecule has 142 valence electrons. The predicted molar refractivity (Wildman–Crippen MR) is 106 cm³/mol. The number of aromatic nitrogens is 1. The summed E-state index contributed by atoms with van der Waals surface area (Å²) in [7, 11) is 0. The molecule has 27 heavy (non-hydrogen) atoms. The Balaban J connectivity index is 1.52. The van der Waals surface area contributed by atoms with Gasteiger partial charge < -0.3 is 16.0 Å². The van der Waals surface area contributed by atoms with Gasteiger partial charge in [0.1, 0.15) is 5.69 Å². The van der Waals surface area contributed by atoms with Crippen LogP contribution in [0.2, 0.25) is 0 Å². The molecule has 1 aliphatic heterocycles. The molecule has 1 aliphatic carbocycles. The molecule has 0 spiro atoms. The van der Waals surface area contributed by atoms with Crippen molar-refractivity contribution < 1.29 is 9.59 Å². The molecular formula is C20H24N4O2S. The van der Waals surface area contributed by atoms with E-state index in [1.807, 2.05) is 18.2 Å². The number of likely N-dealkylation sites (tertiary alicyclic amines) is 1. The highest BCUT2D eigenvalue weighted by Gasteiger charge is 2.36. The van der Waals surface area contributed by atoms with E-state index in [-0.39, 0.29) is 29.7 Å². The molecule has 2 heterocycles. The number of nitrogens with zero attached hydrogens (tertiary/aromatic N) is 2. The third-order valence-electron chi connectivity index (χ3n) is 5.67. The number of hydrogen-bond donors (Lipinski definition) is 2. The number of benzene rings is 1. The zero-order chi connectivity index (χ0) is 18.8. The molecule has 3 N–H and O–H groups in total. The third-order valence-corrected chi connectivity index (χ3v) is 6.35. The molecule has 1 saturated carbocycles. The van der Waals surface area contributed by atoms with Gasteiger partial charge in [-0.1, -0.05) is 36.8 Å². The molecule has 0 unspecified atom stereocenters. The Bertz CT molecular complexity index is 818. The normalized spacial score (nSPS) is 22.9. The lowest BCUT2D eigenvalue weighted by atomic mass is 9.82. The molecule has 6 nitrogen and oxygen atoms in total. The first-order valence-electron chi connectivity index (χ1n) is 9.47. The molecule has 2 aliphatic rings. The molecule has 1 aromatic heterocycles. The molecule has 0 radical (unpaired) electrons. The average molecular weight is 385 g/mol. The number of anilines is 1. The number of thiazole rings is 1. The highest BCUT2D eigenvalue weighted by atomic mass is 32.1. The Hall–Kier alpha value is -2.41. The average Bonchev–Trinajstić information content (AvgIpc) is 3.06. The number of nitrogen functional groups attached to an aromatic ring is 1. The van der Waals surface area contributed by atoms with E-state index in [1.54, 1.807) is 10.3 Å². The van der Waals surface area contributed by atoms with E-state index < -0.39 is 0 Å². The van der Waals surface area contributed by atoms with Gasteiger partial charge in [0.25, 0.3) is 5.91 Å². The molecule has 0 bridgehead atoms. The minimum atomic E-state index is -0.114. The van der Waals surface area contributed by atoms with Crippen LogP contribution < -0.4 is 11.1 Å². The molecule has 1 saturated heterocycles. The second-order valence-corrected chi connectivity index (χ2v) is 8.26. The van der Waals surface area contributed by atoms with E-state index in [0.717, 1.165) is 25.7 Å². The summed E-state index contributed by atoms with van der Waals surface area (Å²) in [6.07, 6.45) is 3.87. The second kappa shape index (κ2) is 7.68. The Morgan fingerprint density at radius 2 is 1.96 bits per heavy atom. The lowest BCUT2D eigenvalue weighted by Gasteiger charge is -2.40. The van der Waals surface area contributed by atoms with Crippen molar-refractivity contribution in [1.82, 2.24) is 15.2 Å². The standard InChI is InChI=1S/C20H24N4O2S/c21-20-23-17(12-27-20)19(26)24-10-9-15(13-5-2-1-3-6-13)16(11-24)22-18(25)14-7-4-8-14/h1-3,5-6,12,14-16H,4,7-11H2,(H2,21,23)(H,22,25)/t15-,16-/m0/s1. The topological polar surface area (TPSA) is 88.3 Å². The van der Waals surface area contributed by atoms with Crippen molar-refractivity contribution in [3.05, 3.63) is 47.0 Å². The van der Waals surface area contributed by atoms with Crippen molar-refractivity contribution in [1.29, 1.82) is 0 Å². The van der Waals surface area contributed by atoms with Crippen molar-refractivity contribution in [2.24, 2.45) is 5.92 Å². The van der Waals surface area contributed by atoms with Crippen molar-refractivity contribution >= 4 is 28.3 Å². The summed E-state index contributed by atoms with van der Waals surface area (Å²) in [6.45, 7) is 1.14. The SMILES string of the molecule is Nc1nc(C(=O)N2CC[C@@H](c3ccccc3)[C@@H](NC(=O)C3CCC3)C2)cs1. The van der Waals surface area contributed by atoms with Crippen LogP contribution in [0.5, 0.6) is 0 Å². The Morgan fingerprint density at radius 1 is 1.19 bits per heavy atom. The maximum atomic E-state index is 12.8. The highest BCUT2D eigenvalue weighted by Crippen LogP contribution is 2.31. The van der Waals surface area contributed by atoms with Crippen LogP contribution in [-0.4, -0.2) is 40.8 Å². The molecule has 2 fully saturated rings. The Morgan fingerprint density at radius 3 is 2.59 bits per heavy atom.